The number of carbonyl (C=O) groups is 1. The number of nitrogens with zero attached hydrogens (tertiary/aromatic N) is 1. The zero-order valence-corrected chi connectivity index (χ0v) is 10.5. The van der Waals surface area contributed by atoms with Crippen LogP contribution in [0.4, 0.5) is 4.39 Å². The van der Waals surface area contributed by atoms with Gasteiger partial charge < -0.3 is 9.84 Å². The highest BCUT2D eigenvalue weighted by molar-refractivity contribution is 9.10. The van der Waals surface area contributed by atoms with Gasteiger partial charge in [0, 0.05) is 10.7 Å². The van der Waals surface area contributed by atoms with Crippen LogP contribution in [0.25, 0.3) is 0 Å². The lowest BCUT2D eigenvalue weighted by Crippen LogP contribution is -1.97. The molecule has 0 radical (unpaired) electrons. The Bertz CT molecular complexity index is 604. The first-order valence-electron chi connectivity index (χ1n) is 4.88. The summed E-state index contributed by atoms with van der Waals surface area (Å²) in [7, 11) is 0. The van der Waals surface area contributed by atoms with Crippen molar-refractivity contribution in [3.63, 3.8) is 0 Å². The Hall–Kier alpha value is -1.95. The Morgan fingerprint density at radius 1 is 1.39 bits per heavy atom. The normalized spacial score (nSPS) is 10.1. The zero-order chi connectivity index (χ0) is 13.1. The number of aromatic nitrogens is 1. The summed E-state index contributed by atoms with van der Waals surface area (Å²) in [6.45, 7) is 0. The molecule has 0 aliphatic carbocycles. The Labute approximate surface area is 110 Å². The van der Waals surface area contributed by atoms with Gasteiger partial charge in [0.15, 0.2) is 5.82 Å². The van der Waals surface area contributed by atoms with E-state index in [2.05, 4.69) is 20.9 Å². The van der Waals surface area contributed by atoms with Gasteiger partial charge in [-0.1, -0.05) is 6.07 Å². The molecule has 4 nitrogen and oxygen atoms in total. The first kappa shape index (κ1) is 12.5. The molecular weight excluding hydrogens is 305 g/mol. The summed E-state index contributed by atoms with van der Waals surface area (Å²) >= 11 is 3.08. The van der Waals surface area contributed by atoms with Gasteiger partial charge >= 0.3 is 5.97 Å². The molecule has 0 saturated heterocycles. The summed E-state index contributed by atoms with van der Waals surface area (Å²) in [6, 6.07) is 6.96. The summed E-state index contributed by atoms with van der Waals surface area (Å²) in [6.07, 6.45) is 1.39. The molecule has 6 heteroatoms. The Kier molecular flexibility index (Phi) is 3.57. The molecule has 0 unspecified atom stereocenters. The van der Waals surface area contributed by atoms with Crippen molar-refractivity contribution in [3.8, 4) is 11.6 Å². The zero-order valence-electron chi connectivity index (χ0n) is 8.93. The molecule has 1 heterocycles. The second-order valence-corrected chi connectivity index (χ2v) is 4.29. The van der Waals surface area contributed by atoms with E-state index in [0.717, 1.165) is 0 Å². The van der Waals surface area contributed by atoms with Gasteiger partial charge in [0.1, 0.15) is 5.75 Å². The average Bonchev–Trinajstić information content (AvgIpc) is 2.33. The Morgan fingerprint density at radius 3 is 2.83 bits per heavy atom. The van der Waals surface area contributed by atoms with E-state index < -0.39 is 11.8 Å². The van der Waals surface area contributed by atoms with Crippen LogP contribution in [0.15, 0.2) is 41.0 Å². The summed E-state index contributed by atoms with van der Waals surface area (Å²) in [5.74, 6) is -1.71. The third-order valence-corrected chi connectivity index (χ3v) is 2.50. The maximum Gasteiger partial charge on any atom is 0.335 e. The van der Waals surface area contributed by atoms with Gasteiger partial charge in [-0.25, -0.2) is 14.2 Å². The number of pyridine rings is 1. The maximum absolute atomic E-state index is 13.5. The van der Waals surface area contributed by atoms with Crippen LogP contribution in [-0.2, 0) is 0 Å². The molecule has 18 heavy (non-hydrogen) atoms. The van der Waals surface area contributed by atoms with Gasteiger partial charge in [-0.15, -0.1) is 0 Å². The van der Waals surface area contributed by atoms with E-state index in [4.69, 9.17) is 9.84 Å². The fraction of sp³-hybridized carbons (Fsp3) is 0. The molecule has 2 aromatic rings. The van der Waals surface area contributed by atoms with E-state index in [1.165, 1.54) is 36.5 Å². The molecule has 0 bridgehead atoms. The van der Waals surface area contributed by atoms with Crippen molar-refractivity contribution in [2.75, 3.05) is 0 Å². The summed E-state index contributed by atoms with van der Waals surface area (Å²) in [5, 5.41) is 8.81. The van der Waals surface area contributed by atoms with Crippen LogP contribution in [0.3, 0.4) is 0 Å². The second-order valence-electron chi connectivity index (χ2n) is 3.38. The average molecular weight is 312 g/mol. The molecule has 1 N–H and O–H groups in total. The Morgan fingerprint density at radius 2 is 2.17 bits per heavy atom. The van der Waals surface area contributed by atoms with E-state index in [1.54, 1.807) is 0 Å². The predicted octanol–water partition coefficient (Wildman–Crippen LogP) is 3.47. The van der Waals surface area contributed by atoms with E-state index in [1.807, 2.05) is 0 Å². The number of aromatic carboxylic acids is 1. The molecular formula is C12H7BrFNO3. The molecule has 0 fully saturated rings. The highest BCUT2D eigenvalue weighted by Crippen LogP contribution is 2.24. The third kappa shape index (κ3) is 2.84. The number of benzene rings is 1. The number of rotatable bonds is 3. The molecule has 0 aliphatic rings. The lowest BCUT2D eigenvalue weighted by atomic mass is 10.2. The van der Waals surface area contributed by atoms with E-state index in [9.17, 15) is 9.18 Å². The van der Waals surface area contributed by atoms with Crippen molar-refractivity contribution in [2.45, 2.75) is 0 Å². The molecule has 1 aromatic heterocycles. The first-order chi connectivity index (χ1) is 8.56. The maximum atomic E-state index is 13.5. The van der Waals surface area contributed by atoms with Crippen LogP contribution in [0, 0.1) is 5.82 Å². The summed E-state index contributed by atoms with van der Waals surface area (Å²) < 4.78 is 19.1. The number of hydrogen-bond acceptors (Lipinski definition) is 3. The molecule has 0 aliphatic heterocycles. The van der Waals surface area contributed by atoms with E-state index in [-0.39, 0.29) is 17.2 Å². The van der Waals surface area contributed by atoms with Crippen LogP contribution in [0.2, 0.25) is 0 Å². The van der Waals surface area contributed by atoms with Crippen molar-refractivity contribution < 1.29 is 19.0 Å². The van der Waals surface area contributed by atoms with Gasteiger partial charge in [-0.2, -0.15) is 0 Å². The largest absolute Gasteiger partial charge is 0.478 e. The van der Waals surface area contributed by atoms with Gasteiger partial charge in [0.05, 0.1) is 5.56 Å². The van der Waals surface area contributed by atoms with E-state index >= 15 is 0 Å². The fourth-order valence-corrected chi connectivity index (χ4v) is 1.58. The molecule has 2 rings (SSSR count). The van der Waals surface area contributed by atoms with Crippen molar-refractivity contribution in [2.24, 2.45) is 0 Å². The molecule has 1 aromatic carbocycles. The number of ether oxygens (including phenoxy) is 1. The predicted molar refractivity (Wildman–Crippen MR) is 65.4 cm³/mol. The van der Waals surface area contributed by atoms with Crippen molar-refractivity contribution in [1.29, 1.82) is 0 Å². The second kappa shape index (κ2) is 5.14. The first-order valence-corrected chi connectivity index (χ1v) is 5.68. The molecule has 0 amide bonds. The van der Waals surface area contributed by atoms with Crippen molar-refractivity contribution in [3.05, 3.63) is 52.4 Å². The van der Waals surface area contributed by atoms with Crippen LogP contribution in [0.1, 0.15) is 10.4 Å². The van der Waals surface area contributed by atoms with E-state index in [0.29, 0.717) is 4.47 Å². The molecule has 0 spiro atoms. The Balaban J connectivity index is 2.28. The minimum absolute atomic E-state index is 0.0602. The lowest BCUT2D eigenvalue weighted by molar-refractivity contribution is 0.0696. The highest BCUT2D eigenvalue weighted by Gasteiger charge is 2.09. The van der Waals surface area contributed by atoms with Gasteiger partial charge in [0.25, 0.3) is 5.88 Å². The number of carboxylic acid groups (broad SMARTS) is 1. The SMILES string of the molecule is O=C(O)c1cccc(Oc2ncc(Br)cc2F)c1. The van der Waals surface area contributed by atoms with Gasteiger partial charge in [-0.3, -0.25) is 0 Å². The van der Waals surface area contributed by atoms with Crippen LogP contribution in [0.5, 0.6) is 11.6 Å². The quantitative estimate of drug-likeness (QED) is 0.943. The molecule has 0 atom stereocenters. The molecule has 92 valence electrons. The van der Waals surface area contributed by atoms with Crippen molar-refractivity contribution >= 4 is 21.9 Å². The summed E-state index contributed by atoms with van der Waals surface area (Å²) in [4.78, 5) is 14.5. The minimum Gasteiger partial charge on any atom is -0.478 e. The fourth-order valence-electron chi connectivity index (χ4n) is 1.28. The standard InChI is InChI=1S/C12H7BrFNO3/c13-8-5-10(14)11(15-6-8)18-9-3-1-2-7(4-9)12(16)17/h1-6H,(H,16,17). The van der Waals surface area contributed by atoms with Crippen LogP contribution >= 0.6 is 15.9 Å². The number of hydrogen-bond donors (Lipinski definition) is 1. The van der Waals surface area contributed by atoms with Crippen LogP contribution in [-0.4, -0.2) is 16.1 Å². The number of carboxylic acids is 1. The topological polar surface area (TPSA) is 59.4 Å². The monoisotopic (exact) mass is 311 g/mol. The van der Waals surface area contributed by atoms with Gasteiger partial charge in [0.2, 0.25) is 0 Å². The molecule has 0 saturated carbocycles. The summed E-state index contributed by atoms with van der Waals surface area (Å²) in [5.41, 5.74) is 0.0602. The van der Waals surface area contributed by atoms with Crippen LogP contribution < -0.4 is 4.74 Å². The highest BCUT2D eigenvalue weighted by atomic mass is 79.9. The number of halogens is 2. The smallest absolute Gasteiger partial charge is 0.335 e. The third-order valence-electron chi connectivity index (χ3n) is 2.07. The lowest BCUT2D eigenvalue weighted by Gasteiger charge is -2.06. The van der Waals surface area contributed by atoms with Crippen molar-refractivity contribution in [1.82, 2.24) is 4.98 Å². The van der Waals surface area contributed by atoms with Gasteiger partial charge in [-0.05, 0) is 40.2 Å². The minimum atomic E-state index is -1.08.